The van der Waals surface area contributed by atoms with E-state index in [2.05, 4.69) is 21.5 Å². The summed E-state index contributed by atoms with van der Waals surface area (Å²) in [4.78, 5) is 25.8. The first kappa shape index (κ1) is 17.2. The Balaban J connectivity index is 1.49. The number of hydrogen-bond acceptors (Lipinski definition) is 4. The van der Waals surface area contributed by atoms with Gasteiger partial charge in [-0.05, 0) is 37.1 Å². The number of nitrogens with one attached hydrogen (secondary N) is 1. The van der Waals surface area contributed by atoms with Crippen LogP contribution in [0.2, 0.25) is 0 Å². The molecular formula is C19H22N4O2. The fourth-order valence-electron chi connectivity index (χ4n) is 3.01. The first-order valence-corrected chi connectivity index (χ1v) is 8.70. The Hall–Kier alpha value is -2.68. The van der Waals surface area contributed by atoms with Gasteiger partial charge >= 0.3 is 0 Å². The van der Waals surface area contributed by atoms with Gasteiger partial charge in [-0.2, -0.15) is 10.2 Å². The third kappa shape index (κ3) is 4.44. The second-order valence-electron chi connectivity index (χ2n) is 6.48. The maximum atomic E-state index is 12.1. The molecule has 2 aliphatic rings. The minimum absolute atomic E-state index is 0.0702. The molecule has 3 rings (SSSR count). The van der Waals surface area contributed by atoms with Gasteiger partial charge in [-0.1, -0.05) is 0 Å². The van der Waals surface area contributed by atoms with Gasteiger partial charge in [-0.15, -0.1) is 12.3 Å². The molecule has 0 aromatic heterocycles. The summed E-state index contributed by atoms with van der Waals surface area (Å²) in [5.41, 5.74) is 1.18. The van der Waals surface area contributed by atoms with Crippen molar-refractivity contribution in [3.63, 3.8) is 0 Å². The van der Waals surface area contributed by atoms with E-state index in [1.165, 1.54) is 0 Å². The summed E-state index contributed by atoms with van der Waals surface area (Å²) in [6.45, 7) is 0.761. The van der Waals surface area contributed by atoms with Crippen molar-refractivity contribution < 1.29 is 9.59 Å². The molecule has 1 aromatic rings. The summed E-state index contributed by atoms with van der Waals surface area (Å²) in [5.74, 6) is 2.67. The molecule has 2 aliphatic heterocycles. The molecule has 6 heteroatoms. The molecule has 2 heterocycles. The van der Waals surface area contributed by atoms with Gasteiger partial charge in [0.15, 0.2) is 5.66 Å². The molecule has 130 valence electrons. The van der Waals surface area contributed by atoms with Crippen LogP contribution in [-0.4, -0.2) is 24.0 Å². The number of piperidine rings is 1. The van der Waals surface area contributed by atoms with Crippen molar-refractivity contribution in [3.8, 4) is 12.3 Å². The summed E-state index contributed by atoms with van der Waals surface area (Å²) in [6.07, 6.45) is 10.1. The van der Waals surface area contributed by atoms with Crippen LogP contribution in [0.5, 0.6) is 0 Å². The lowest BCUT2D eigenvalue weighted by atomic mass is 10.0. The van der Waals surface area contributed by atoms with Crippen LogP contribution >= 0.6 is 0 Å². The lowest BCUT2D eigenvalue weighted by Gasteiger charge is -2.26. The number of nitrogens with zero attached hydrogens (tertiary/aromatic N) is 3. The van der Waals surface area contributed by atoms with Crippen LogP contribution < -0.4 is 10.2 Å². The molecule has 0 bridgehead atoms. The largest absolute Gasteiger partial charge is 0.326 e. The number of hydrogen-bond donors (Lipinski definition) is 1. The normalized spacial score (nSPS) is 17.9. The van der Waals surface area contributed by atoms with E-state index in [4.69, 9.17) is 6.42 Å². The molecular weight excluding hydrogens is 316 g/mol. The topological polar surface area (TPSA) is 74.1 Å². The smallest absolute Gasteiger partial charge is 0.226 e. The molecule has 1 fully saturated rings. The Morgan fingerprint density at radius 3 is 2.64 bits per heavy atom. The summed E-state index contributed by atoms with van der Waals surface area (Å²) in [6, 6.07) is 7.40. The minimum atomic E-state index is -0.428. The summed E-state index contributed by atoms with van der Waals surface area (Å²) in [7, 11) is 0. The number of carbonyl (C=O) groups excluding carboxylic acids is 2. The summed E-state index contributed by atoms with van der Waals surface area (Å²) in [5, 5.41) is 10.9. The monoisotopic (exact) mass is 338 g/mol. The van der Waals surface area contributed by atoms with E-state index < -0.39 is 5.66 Å². The highest BCUT2D eigenvalue weighted by atomic mass is 16.2. The zero-order chi connectivity index (χ0) is 17.7. The first-order chi connectivity index (χ1) is 12.1. The Morgan fingerprint density at radius 2 is 2.00 bits per heavy atom. The molecule has 0 saturated carbocycles. The fraction of sp³-hybridized carbons (Fsp3) is 0.474. The quantitative estimate of drug-likeness (QED) is 0.773. The van der Waals surface area contributed by atoms with E-state index in [-0.39, 0.29) is 11.8 Å². The van der Waals surface area contributed by atoms with Crippen LogP contribution in [0, 0.1) is 12.3 Å². The van der Waals surface area contributed by atoms with Crippen molar-refractivity contribution in [1.82, 2.24) is 0 Å². The second kappa shape index (κ2) is 7.47. The lowest BCUT2D eigenvalue weighted by molar-refractivity contribution is -0.119. The number of anilines is 2. The van der Waals surface area contributed by atoms with Crippen LogP contribution in [0.1, 0.15) is 44.9 Å². The van der Waals surface area contributed by atoms with Gasteiger partial charge in [0.1, 0.15) is 0 Å². The minimum Gasteiger partial charge on any atom is -0.326 e. The Morgan fingerprint density at radius 1 is 1.24 bits per heavy atom. The average molecular weight is 338 g/mol. The zero-order valence-electron chi connectivity index (χ0n) is 14.2. The van der Waals surface area contributed by atoms with Gasteiger partial charge in [-0.25, -0.2) is 0 Å². The van der Waals surface area contributed by atoms with Crippen LogP contribution in [0.3, 0.4) is 0 Å². The van der Waals surface area contributed by atoms with Gasteiger partial charge in [0, 0.05) is 50.0 Å². The summed E-state index contributed by atoms with van der Waals surface area (Å²) >= 11 is 0. The molecule has 1 aromatic carbocycles. The maximum Gasteiger partial charge on any atom is 0.226 e. The van der Waals surface area contributed by atoms with Crippen LogP contribution in [-0.2, 0) is 9.59 Å². The molecule has 0 aliphatic carbocycles. The van der Waals surface area contributed by atoms with Crippen molar-refractivity contribution in [2.75, 3.05) is 16.8 Å². The van der Waals surface area contributed by atoms with Crippen LogP contribution in [0.25, 0.3) is 0 Å². The Bertz CT molecular complexity index is 712. The summed E-state index contributed by atoms with van der Waals surface area (Å²) < 4.78 is 0. The molecule has 1 N–H and O–H groups in total. The molecule has 6 nitrogen and oxygen atoms in total. The van der Waals surface area contributed by atoms with Gasteiger partial charge in [0.2, 0.25) is 11.8 Å². The first-order valence-electron chi connectivity index (χ1n) is 8.70. The number of rotatable bonds is 7. The van der Waals surface area contributed by atoms with E-state index >= 15 is 0 Å². The molecule has 1 saturated heterocycles. The van der Waals surface area contributed by atoms with E-state index in [0.717, 1.165) is 30.8 Å². The highest BCUT2D eigenvalue weighted by molar-refractivity contribution is 5.95. The van der Waals surface area contributed by atoms with E-state index in [9.17, 15) is 9.59 Å². The molecule has 2 amide bonds. The number of terminal acetylenes is 1. The molecule has 0 atom stereocenters. The number of benzene rings is 1. The number of amides is 2. The van der Waals surface area contributed by atoms with E-state index in [0.29, 0.717) is 32.1 Å². The highest BCUT2D eigenvalue weighted by Crippen LogP contribution is 2.37. The van der Waals surface area contributed by atoms with Crippen molar-refractivity contribution in [1.29, 1.82) is 0 Å². The Kier molecular flexibility index (Phi) is 5.13. The SMILES string of the molecule is C#CCCC1(CCC(=O)Nc2ccc(N3CCCCC3=O)cc2)N=N1. The standard InChI is InChI=1S/C19H22N4O2/c1-2-3-12-19(21-22-19)13-11-17(24)20-15-7-9-16(10-8-15)23-14-5-4-6-18(23)25/h1,7-10H,3-6,11-14H2,(H,20,24). The predicted molar refractivity (Wildman–Crippen MR) is 96.2 cm³/mol. The molecule has 0 spiro atoms. The highest BCUT2D eigenvalue weighted by Gasteiger charge is 2.39. The Labute approximate surface area is 147 Å². The third-order valence-corrected chi connectivity index (χ3v) is 4.59. The molecule has 0 unspecified atom stereocenters. The predicted octanol–water partition coefficient (Wildman–Crippen LogP) is 3.50. The van der Waals surface area contributed by atoms with Crippen LogP contribution in [0.4, 0.5) is 11.4 Å². The van der Waals surface area contributed by atoms with Gasteiger partial charge < -0.3 is 10.2 Å². The third-order valence-electron chi connectivity index (χ3n) is 4.59. The van der Waals surface area contributed by atoms with Gasteiger partial charge in [0.05, 0.1) is 0 Å². The van der Waals surface area contributed by atoms with E-state index in [1.807, 2.05) is 24.3 Å². The fourth-order valence-corrected chi connectivity index (χ4v) is 3.01. The van der Waals surface area contributed by atoms with Gasteiger partial charge in [-0.3, -0.25) is 9.59 Å². The molecule has 0 radical (unpaired) electrons. The van der Waals surface area contributed by atoms with Crippen LogP contribution in [0.15, 0.2) is 34.5 Å². The van der Waals surface area contributed by atoms with Crippen molar-refractivity contribution in [2.45, 2.75) is 50.6 Å². The van der Waals surface area contributed by atoms with Gasteiger partial charge in [0.25, 0.3) is 0 Å². The van der Waals surface area contributed by atoms with Crippen molar-refractivity contribution in [3.05, 3.63) is 24.3 Å². The number of carbonyl (C=O) groups is 2. The van der Waals surface area contributed by atoms with E-state index in [1.54, 1.807) is 4.90 Å². The lowest BCUT2D eigenvalue weighted by Crippen LogP contribution is -2.35. The zero-order valence-corrected chi connectivity index (χ0v) is 14.2. The van der Waals surface area contributed by atoms with Crippen molar-refractivity contribution >= 4 is 23.2 Å². The maximum absolute atomic E-state index is 12.1. The average Bonchev–Trinajstić information content (AvgIpc) is 3.40. The van der Waals surface area contributed by atoms with Crippen molar-refractivity contribution in [2.24, 2.45) is 10.2 Å². The molecule has 25 heavy (non-hydrogen) atoms. The second-order valence-corrected chi connectivity index (χ2v) is 6.48.